The van der Waals surface area contributed by atoms with Crippen molar-refractivity contribution in [2.24, 2.45) is 0 Å². The summed E-state index contributed by atoms with van der Waals surface area (Å²) < 4.78 is 0. The summed E-state index contributed by atoms with van der Waals surface area (Å²) in [5.41, 5.74) is 2.33. The molecule has 0 saturated carbocycles. The first-order valence-electron chi connectivity index (χ1n) is 7.09. The van der Waals surface area contributed by atoms with E-state index in [9.17, 15) is 5.11 Å². The molecule has 2 aromatic rings. The Morgan fingerprint density at radius 1 is 1.40 bits per heavy atom. The van der Waals surface area contributed by atoms with Crippen molar-refractivity contribution < 1.29 is 5.11 Å². The molecular weight excluding hydrogens is 270 g/mol. The number of anilines is 1. The van der Waals surface area contributed by atoms with Gasteiger partial charge in [-0.3, -0.25) is 4.98 Å². The number of fused-ring (bicyclic) bond motifs is 1. The Balaban J connectivity index is 1.83. The molecular formula is C15H19N3OS. The summed E-state index contributed by atoms with van der Waals surface area (Å²) in [6.45, 7) is 3.88. The lowest BCUT2D eigenvalue weighted by atomic mass is 10.0. The maximum absolute atomic E-state index is 10.1. The predicted molar refractivity (Wildman–Crippen MR) is 81.0 cm³/mol. The molecule has 5 heteroatoms. The van der Waals surface area contributed by atoms with Crippen LogP contribution < -0.4 is 4.90 Å². The number of hydrogen-bond acceptors (Lipinski definition) is 5. The molecule has 2 aromatic heterocycles. The maximum atomic E-state index is 10.1. The lowest BCUT2D eigenvalue weighted by Gasteiger charge is -2.19. The zero-order valence-electron chi connectivity index (χ0n) is 11.6. The Kier molecular flexibility index (Phi) is 3.98. The number of aliphatic hydroxyl groups excluding tert-OH is 1. The largest absolute Gasteiger partial charge is 0.388 e. The fourth-order valence-electron chi connectivity index (χ4n) is 2.54. The average Bonchev–Trinajstić information content (AvgIpc) is 2.91. The fraction of sp³-hybridized carbons (Fsp3) is 0.467. The van der Waals surface area contributed by atoms with Gasteiger partial charge in [-0.25, -0.2) is 4.98 Å². The summed E-state index contributed by atoms with van der Waals surface area (Å²) in [6.07, 6.45) is 6.22. The van der Waals surface area contributed by atoms with Crippen LogP contribution in [-0.4, -0.2) is 21.6 Å². The number of thiazole rings is 1. The van der Waals surface area contributed by atoms with Crippen molar-refractivity contribution >= 4 is 16.5 Å². The van der Waals surface area contributed by atoms with E-state index in [1.54, 1.807) is 11.3 Å². The van der Waals surface area contributed by atoms with Crippen LogP contribution in [0.3, 0.4) is 0 Å². The Morgan fingerprint density at radius 2 is 2.20 bits per heavy atom. The first kappa shape index (κ1) is 13.5. The van der Waals surface area contributed by atoms with Gasteiger partial charge < -0.3 is 10.0 Å². The summed E-state index contributed by atoms with van der Waals surface area (Å²) in [5.74, 6) is 0. The molecule has 4 nitrogen and oxygen atoms in total. The van der Waals surface area contributed by atoms with Crippen LogP contribution in [0.1, 0.15) is 42.0 Å². The lowest BCUT2D eigenvalue weighted by Crippen LogP contribution is -2.21. The number of nitrogens with zero attached hydrogens (tertiary/aromatic N) is 3. The van der Waals surface area contributed by atoms with Crippen molar-refractivity contribution in [2.75, 3.05) is 11.4 Å². The van der Waals surface area contributed by atoms with Crippen LogP contribution in [0.2, 0.25) is 0 Å². The third-order valence-corrected chi connectivity index (χ3v) is 4.94. The van der Waals surface area contributed by atoms with E-state index < -0.39 is 0 Å². The van der Waals surface area contributed by atoms with Gasteiger partial charge in [-0.1, -0.05) is 11.3 Å². The van der Waals surface area contributed by atoms with Gasteiger partial charge in [0.2, 0.25) is 0 Å². The zero-order valence-corrected chi connectivity index (χ0v) is 12.4. The minimum absolute atomic E-state index is 0.315. The van der Waals surface area contributed by atoms with Gasteiger partial charge in [0, 0.05) is 25.5 Å². The monoisotopic (exact) mass is 289 g/mol. The highest BCUT2D eigenvalue weighted by atomic mass is 32.1. The van der Waals surface area contributed by atoms with Crippen LogP contribution >= 0.6 is 11.3 Å². The highest BCUT2D eigenvalue weighted by Crippen LogP contribution is 2.37. The number of pyridine rings is 1. The van der Waals surface area contributed by atoms with E-state index >= 15 is 0 Å². The summed E-state index contributed by atoms with van der Waals surface area (Å²) in [5, 5.41) is 11.1. The second kappa shape index (κ2) is 5.89. The van der Waals surface area contributed by atoms with Crippen LogP contribution in [0.5, 0.6) is 0 Å². The van der Waals surface area contributed by atoms with Gasteiger partial charge >= 0.3 is 0 Å². The van der Waals surface area contributed by atoms with Gasteiger partial charge in [-0.15, -0.1) is 0 Å². The first-order chi connectivity index (χ1) is 9.78. The number of aryl methyl sites for hydroxylation is 1. The fourth-order valence-corrected chi connectivity index (χ4v) is 3.74. The third kappa shape index (κ3) is 2.69. The molecule has 0 aliphatic heterocycles. The second-order valence-corrected chi connectivity index (χ2v) is 6.09. The molecule has 3 rings (SSSR count). The second-order valence-electron chi connectivity index (χ2n) is 5.09. The Bertz CT molecular complexity index is 570. The minimum atomic E-state index is -0.315. The van der Waals surface area contributed by atoms with Crippen LogP contribution in [-0.2, 0) is 13.0 Å². The Labute approximate surface area is 123 Å². The third-order valence-electron chi connectivity index (χ3n) is 3.69. The van der Waals surface area contributed by atoms with E-state index in [-0.39, 0.29) is 6.10 Å². The van der Waals surface area contributed by atoms with Crippen LogP contribution in [0.25, 0.3) is 0 Å². The van der Waals surface area contributed by atoms with Gasteiger partial charge in [0.15, 0.2) is 5.13 Å². The van der Waals surface area contributed by atoms with Crippen molar-refractivity contribution in [3.8, 4) is 0 Å². The van der Waals surface area contributed by atoms with Crippen molar-refractivity contribution in [1.82, 2.24) is 9.97 Å². The van der Waals surface area contributed by atoms with Gasteiger partial charge in [0.1, 0.15) is 0 Å². The quantitative estimate of drug-likeness (QED) is 0.940. The number of aromatic nitrogens is 2. The van der Waals surface area contributed by atoms with Crippen molar-refractivity contribution in [1.29, 1.82) is 0 Å². The van der Waals surface area contributed by atoms with Crippen molar-refractivity contribution in [3.05, 3.63) is 40.7 Å². The molecule has 2 heterocycles. The predicted octanol–water partition coefficient (Wildman–Crippen LogP) is 2.93. The molecule has 1 N–H and O–H groups in total. The molecule has 0 fully saturated rings. The highest BCUT2D eigenvalue weighted by molar-refractivity contribution is 7.15. The molecule has 0 amide bonds. The molecule has 106 valence electrons. The number of rotatable bonds is 4. The van der Waals surface area contributed by atoms with Gasteiger partial charge in [-0.05, 0) is 43.9 Å². The molecule has 0 aromatic carbocycles. The first-order valence-corrected chi connectivity index (χ1v) is 7.91. The average molecular weight is 289 g/mol. The summed E-state index contributed by atoms with van der Waals surface area (Å²) in [7, 11) is 0. The lowest BCUT2D eigenvalue weighted by molar-refractivity contribution is 0.160. The van der Waals surface area contributed by atoms with Crippen LogP contribution in [0, 0.1) is 0 Å². The molecule has 0 radical (unpaired) electrons. The van der Waals surface area contributed by atoms with Crippen molar-refractivity contribution in [3.63, 3.8) is 0 Å². The standard InChI is InChI=1S/C15H19N3OS/c1-2-18(10-11-6-8-16-9-7-11)15-17-12-4-3-5-13(19)14(12)20-15/h6-9,13,19H,2-5,10H2,1H3. The molecule has 1 aliphatic rings. The maximum Gasteiger partial charge on any atom is 0.186 e. The van der Waals surface area contributed by atoms with Gasteiger partial charge in [0.05, 0.1) is 16.7 Å². The van der Waals surface area contributed by atoms with Gasteiger partial charge in [0.25, 0.3) is 0 Å². The van der Waals surface area contributed by atoms with Gasteiger partial charge in [-0.2, -0.15) is 0 Å². The minimum Gasteiger partial charge on any atom is -0.388 e. The normalized spacial score (nSPS) is 17.8. The smallest absolute Gasteiger partial charge is 0.186 e. The number of aliphatic hydroxyl groups is 1. The highest BCUT2D eigenvalue weighted by Gasteiger charge is 2.24. The molecule has 1 unspecified atom stereocenters. The summed E-state index contributed by atoms with van der Waals surface area (Å²) >= 11 is 1.64. The van der Waals surface area contributed by atoms with Crippen LogP contribution in [0.4, 0.5) is 5.13 Å². The molecule has 1 atom stereocenters. The molecule has 20 heavy (non-hydrogen) atoms. The Morgan fingerprint density at radius 3 is 2.90 bits per heavy atom. The van der Waals surface area contributed by atoms with Crippen LogP contribution in [0.15, 0.2) is 24.5 Å². The SMILES string of the molecule is CCN(Cc1ccncc1)c1nc2c(s1)C(O)CCC2. The van der Waals surface area contributed by atoms with E-state index in [2.05, 4.69) is 16.8 Å². The summed E-state index contributed by atoms with van der Waals surface area (Å²) in [6, 6.07) is 4.07. The molecule has 1 aliphatic carbocycles. The van der Waals surface area contributed by atoms with E-state index in [4.69, 9.17) is 4.98 Å². The molecule has 0 bridgehead atoms. The zero-order chi connectivity index (χ0) is 13.9. The van der Waals surface area contributed by atoms with E-state index in [1.807, 2.05) is 24.5 Å². The molecule has 0 spiro atoms. The summed E-state index contributed by atoms with van der Waals surface area (Å²) in [4.78, 5) is 12.1. The van der Waals surface area contributed by atoms with Crippen molar-refractivity contribution in [2.45, 2.75) is 38.8 Å². The van der Waals surface area contributed by atoms with E-state index in [0.717, 1.165) is 48.1 Å². The van der Waals surface area contributed by atoms with E-state index in [1.165, 1.54) is 5.56 Å². The van der Waals surface area contributed by atoms with E-state index in [0.29, 0.717) is 0 Å². The Hall–Kier alpha value is -1.46. The number of hydrogen-bond donors (Lipinski definition) is 1. The molecule has 0 saturated heterocycles. The topological polar surface area (TPSA) is 49.2 Å².